The van der Waals surface area contributed by atoms with Crippen LogP contribution in [0.4, 0.5) is 15.8 Å². The van der Waals surface area contributed by atoms with Crippen molar-refractivity contribution in [1.29, 1.82) is 0 Å². The van der Waals surface area contributed by atoms with Crippen LogP contribution in [0.1, 0.15) is 0 Å². The molecule has 0 heterocycles. The normalized spacial score (nSPS) is 11.8. The van der Waals surface area contributed by atoms with E-state index in [1.807, 2.05) is 0 Å². The molecule has 0 amide bonds. The van der Waals surface area contributed by atoms with Gasteiger partial charge in [0.1, 0.15) is 10.7 Å². The second kappa shape index (κ2) is 7.78. The van der Waals surface area contributed by atoms with Crippen molar-refractivity contribution in [1.82, 2.24) is 0 Å². The van der Waals surface area contributed by atoms with Crippen molar-refractivity contribution in [2.45, 2.75) is 9.79 Å². The Morgan fingerprint density at radius 2 is 1.18 bits per heavy atom. The van der Waals surface area contributed by atoms with Crippen LogP contribution in [0.3, 0.4) is 0 Å². The third-order valence-electron chi connectivity index (χ3n) is 3.67. The van der Waals surface area contributed by atoms with E-state index in [4.69, 9.17) is 11.6 Å². The van der Waals surface area contributed by atoms with Gasteiger partial charge in [-0.1, -0.05) is 35.9 Å². The number of halogens is 2. The maximum atomic E-state index is 13.0. The molecule has 0 aliphatic heterocycles. The highest BCUT2D eigenvalue weighted by Gasteiger charge is 2.21. The molecule has 0 spiro atoms. The molecular weight excluding hydrogens is 427 g/mol. The maximum absolute atomic E-state index is 13.0. The summed E-state index contributed by atoms with van der Waals surface area (Å²) in [6.45, 7) is 0. The zero-order chi connectivity index (χ0) is 20.4. The average Bonchev–Trinajstić information content (AvgIpc) is 2.63. The number of sulfonamides is 2. The van der Waals surface area contributed by atoms with Crippen molar-refractivity contribution in [3.05, 3.63) is 83.6 Å². The minimum atomic E-state index is -4.06. The van der Waals surface area contributed by atoms with Crippen LogP contribution in [0.15, 0.2) is 82.6 Å². The fourth-order valence-electron chi connectivity index (χ4n) is 2.34. The molecule has 146 valence electrons. The van der Waals surface area contributed by atoms with Gasteiger partial charge in [-0.3, -0.25) is 9.44 Å². The number of anilines is 2. The summed E-state index contributed by atoms with van der Waals surface area (Å²) in [4.78, 5) is -0.314. The first-order chi connectivity index (χ1) is 13.2. The van der Waals surface area contributed by atoms with Gasteiger partial charge in [0.15, 0.2) is 0 Å². The molecule has 0 radical (unpaired) electrons. The highest BCUT2D eigenvalue weighted by molar-refractivity contribution is 7.93. The Balaban J connectivity index is 1.94. The monoisotopic (exact) mass is 440 g/mol. The first-order valence-electron chi connectivity index (χ1n) is 7.84. The standard InChI is InChI=1S/C18H14ClFN2O4S2/c19-15-5-1-4-8-18(15)28(25,26)22-17-7-3-2-6-16(17)21-27(23,24)14-11-9-13(20)10-12-14/h1-12,21-22H. The quantitative estimate of drug-likeness (QED) is 0.604. The summed E-state index contributed by atoms with van der Waals surface area (Å²) in [5.41, 5.74) is 0.00978. The molecule has 3 aromatic carbocycles. The van der Waals surface area contributed by atoms with Crippen LogP contribution < -0.4 is 9.44 Å². The van der Waals surface area contributed by atoms with Crippen LogP contribution in [0.5, 0.6) is 0 Å². The van der Waals surface area contributed by atoms with Gasteiger partial charge in [-0.25, -0.2) is 21.2 Å². The zero-order valence-electron chi connectivity index (χ0n) is 14.1. The van der Waals surface area contributed by atoms with Gasteiger partial charge in [0.25, 0.3) is 20.0 Å². The summed E-state index contributed by atoms with van der Waals surface area (Å²) in [5.74, 6) is -0.577. The first-order valence-corrected chi connectivity index (χ1v) is 11.2. The van der Waals surface area contributed by atoms with Gasteiger partial charge in [0.2, 0.25) is 0 Å². The molecule has 28 heavy (non-hydrogen) atoms. The topological polar surface area (TPSA) is 92.3 Å². The summed E-state index contributed by atoms with van der Waals surface area (Å²) in [6, 6.07) is 16.0. The fraction of sp³-hybridized carbons (Fsp3) is 0. The van der Waals surface area contributed by atoms with E-state index in [9.17, 15) is 21.2 Å². The Morgan fingerprint density at radius 3 is 1.75 bits per heavy atom. The Bertz CT molecular complexity index is 1210. The molecule has 0 saturated carbocycles. The third kappa shape index (κ3) is 4.44. The van der Waals surface area contributed by atoms with E-state index in [1.165, 1.54) is 36.4 Å². The van der Waals surface area contributed by atoms with Gasteiger partial charge in [-0.05, 0) is 48.5 Å². The second-order valence-electron chi connectivity index (χ2n) is 5.64. The Labute approximate surface area is 167 Å². The zero-order valence-corrected chi connectivity index (χ0v) is 16.5. The molecule has 3 aromatic rings. The number of nitrogens with one attached hydrogen (secondary N) is 2. The first kappa shape index (κ1) is 20.1. The van der Waals surface area contributed by atoms with E-state index in [0.29, 0.717) is 0 Å². The van der Waals surface area contributed by atoms with E-state index in [-0.39, 0.29) is 26.2 Å². The SMILES string of the molecule is O=S(=O)(Nc1ccccc1NS(=O)(=O)c1ccccc1Cl)c1ccc(F)cc1. The van der Waals surface area contributed by atoms with Crippen LogP contribution in [-0.2, 0) is 20.0 Å². The highest BCUT2D eigenvalue weighted by atomic mass is 35.5. The largest absolute Gasteiger partial charge is 0.277 e. The van der Waals surface area contributed by atoms with Gasteiger partial charge in [-0.15, -0.1) is 0 Å². The number of hydrogen-bond donors (Lipinski definition) is 2. The maximum Gasteiger partial charge on any atom is 0.263 e. The van der Waals surface area contributed by atoms with Crippen LogP contribution in [0.25, 0.3) is 0 Å². The van der Waals surface area contributed by atoms with Crippen LogP contribution >= 0.6 is 11.6 Å². The molecule has 0 aliphatic carbocycles. The molecular formula is C18H14ClFN2O4S2. The lowest BCUT2D eigenvalue weighted by molar-refractivity contribution is 0.598. The summed E-state index contributed by atoms with van der Waals surface area (Å²) >= 11 is 5.95. The van der Waals surface area contributed by atoms with E-state index in [0.717, 1.165) is 24.3 Å². The number of rotatable bonds is 6. The Morgan fingerprint density at radius 1 is 0.679 bits per heavy atom. The van der Waals surface area contributed by atoms with Crippen molar-refractivity contribution >= 4 is 43.0 Å². The number of para-hydroxylation sites is 2. The van der Waals surface area contributed by atoms with Crippen molar-refractivity contribution in [3.63, 3.8) is 0 Å². The van der Waals surface area contributed by atoms with Gasteiger partial charge >= 0.3 is 0 Å². The fourth-order valence-corrected chi connectivity index (χ4v) is 5.02. The molecule has 3 rings (SSSR count). The summed E-state index contributed by atoms with van der Waals surface area (Å²) < 4.78 is 68.0. The molecule has 0 fully saturated rings. The van der Waals surface area contributed by atoms with E-state index < -0.39 is 25.9 Å². The molecule has 0 saturated heterocycles. The predicted octanol–water partition coefficient (Wildman–Crippen LogP) is 4.08. The third-order valence-corrected chi connectivity index (χ3v) is 6.91. The second-order valence-corrected chi connectivity index (χ2v) is 9.38. The molecule has 0 bridgehead atoms. The van der Waals surface area contributed by atoms with E-state index >= 15 is 0 Å². The Hall–Kier alpha value is -2.62. The van der Waals surface area contributed by atoms with Crippen LogP contribution in [0.2, 0.25) is 5.02 Å². The van der Waals surface area contributed by atoms with Gasteiger partial charge < -0.3 is 0 Å². The predicted molar refractivity (Wildman–Crippen MR) is 106 cm³/mol. The summed E-state index contributed by atoms with van der Waals surface area (Å²) in [6.07, 6.45) is 0. The van der Waals surface area contributed by atoms with E-state index in [2.05, 4.69) is 9.44 Å². The van der Waals surface area contributed by atoms with Crippen LogP contribution in [-0.4, -0.2) is 16.8 Å². The Kier molecular flexibility index (Phi) is 5.59. The number of hydrogen-bond acceptors (Lipinski definition) is 4. The molecule has 10 heteroatoms. The minimum absolute atomic E-state index is 0.00227. The molecule has 6 nitrogen and oxygen atoms in total. The lowest BCUT2D eigenvalue weighted by Gasteiger charge is -2.15. The smallest absolute Gasteiger partial charge is 0.263 e. The van der Waals surface area contributed by atoms with Gasteiger partial charge in [-0.2, -0.15) is 0 Å². The summed E-state index contributed by atoms with van der Waals surface area (Å²) in [7, 11) is -8.12. The summed E-state index contributed by atoms with van der Waals surface area (Å²) in [5, 5.41) is 0.0272. The molecule has 0 aromatic heterocycles. The molecule has 0 unspecified atom stereocenters. The van der Waals surface area contributed by atoms with Gasteiger partial charge in [0.05, 0.1) is 21.3 Å². The number of benzene rings is 3. The van der Waals surface area contributed by atoms with Crippen molar-refractivity contribution < 1.29 is 21.2 Å². The van der Waals surface area contributed by atoms with Crippen molar-refractivity contribution in [2.24, 2.45) is 0 Å². The van der Waals surface area contributed by atoms with Crippen molar-refractivity contribution in [2.75, 3.05) is 9.44 Å². The lowest BCUT2D eigenvalue weighted by atomic mass is 10.3. The molecule has 0 aliphatic rings. The molecule has 0 atom stereocenters. The van der Waals surface area contributed by atoms with E-state index in [1.54, 1.807) is 12.1 Å². The minimum Gasteiger partial charge on any atom is -0.277 e. The lowest BCUT2D eigenvalue weighted by Crippen LogP contribution is -2.17. The van der Waals surface area contributed by atoms with Crippen LogP contribution in [0, 0.1) is 5.82 Å². The highest BCUT2D eigenvalue weighted by Crippen LogP contribution is 2.29. The average molecular weight is 441 g/mol. The van der Waals surface area contributed by atoms with Gasteiger partial charge in [0, 0.05) is 0 Å². The molecule has 2 N–H and O–H groups in total. The van der Waals surface area contributed by atoms with Crippen molar-refractivity contribution in [3.8, 4) is 0 Å².